The highest BCUT2D eigenvalue weighted by atomic mass is 16.5. The van der Waals surface area contributed by atoms with E-state index in [0.29, 0.717) is 22.9 Å². The van der Waals surface area contributed by atoms with E-state index in [1.165, 1.54) is 0 Å². The summed E-state index contributed by atoms with van der Waals surface area (Å²) in [5.41, 5.74) is 15.0. The number of hydrogen-bond acceptors (Lipinski definition) is 4. The van der Waals surface area contributed by atoms with Gasteiger partial charge in [-0.05, 0) is 36.4 Å². The lowest BCUT2D eigenvalue weighted by molar-refractivity contribution is 0.447. The SMILES string of the molecule is CC(C)(c1ccccc1Oc1ccccc1N)c1ccccc1Oc1ccccc1N. The lowest BCUT2D eigenvalue weighted by Gasteiger charge is -2.30. The Hall–Kier alpha value is -3.92. The van der Waals surface area contributed by atoms with Gasteiger partial charge in [0.05, 0.1) is 11.4 Å². The van der Waals surface area contributed by atoms with Crippen molar-refractivity contribution in [2.75, 3.05) is 11.5 Å². The van der Waals surface area contributed by atoms with Crippen molar-refractivity contribution in [3.8, 4) is 23.0 Å². The summed E-state index contributed by atoms with van der Waals surface area (Å²) in [6.07, 6.45) is 0. The molecule has 0 aliphatic rings. The Morgan fingerprint density at radius 2 is 0.806 bits per heavy atom. The molecule has 0 saturated heterocycles. The molecule has 0 radical (unpaired) electrons. The summed E-state index contributed by atoms with van der Waals surface area (Å²) < 4.78 is 12.5. The second kappa shape index (κ2) is 8.44. The second-order valence-corrected chi connectivity index (χ2v) is 7.90. The van der Waals surface area contributed by atoms with Gasteiger partial charge in [0.1, 0.15) is 23.0 Å². The van der Waals surface area contributed by atoms with Crippen molar-refractivity contribution in [3.05, 3.63) is 108 Å². The van der Waals surface area contributed by atoms with Gasteiger partial charge in [0.15, 0.2) is 0 Å². The van der Waals surface area contributed by atoms with Gasteiger partial charge in [0.2, 0.25) is 0 Å². The standard InChI is InChI=1S/C27H26N2O2/c1-27(2,19-11-3-7-15-23(19)30-25-17-9-5-13-21(25)28)20-12-4-8-16-24(20)31-26-18-10-6-14-22(26)29/h3-18H,28-29H2,1-2H3. The predicted octanol–water partition coefficient (Wildman–Crippen LogP) is 6.76. The van der Waals surface area contributed by atoms with Gasteiger partial charge >= 0.3 is 0 Å². The third kappa shape index (κ3) is 4.19. The maximum atomic E-state index is 6.24. The first-order chi connectivity index (χ1) is 15.0. The zero-order valence-electron chi connectivity index (χ0n) is 17.7. The van der Waals surface area contributed by atoms with Crippen LogP contribution in [-0.2, 0) is 5.41 Å². The smallest absolute Gasteiger partial charge is 0.150 e. The Morgan fingerprint density at radius 3 is 1.19 bits per heavy atom. The molecule has 0 unspecified atom stereocenters. The number of nitrogen functional groups attached to an aromatic ring is 2. The van der Waals surface area contributed by atoms with Gasteiger partial charge in [-0.15, -0.1) is 0 Å². The molecule has 0 saturated carbocycles. The molecular formula is C27H26N2O2. The van der Waals surface area contributed by atoms with Crippen LogP contribution in [-0.4, -0.2) is 0 Å². The summed E-state index contributed by atoms with van der Waals surface area (Å²) in [6.45, 7) is 4.31. The van der Waals surface area contributed by atoms with Crippen molar-refractivity contribution in [2.45, 2.75) is 19.3 Å². The van der Waals surface area contributed by atoms with Crippen LogP contribution in [0.3, 0.4) is 0 Å². The Labute approximate surface area is 183 Å². The van der Waals surface area contributed by atoms with Crippen LogP contribution in [0.2, 0.25) is 0 Å². The number of hydrogen-bond donors (Lipinski definition) is 2. The molecule has 4 aromatic carbocycles. The number of rotatable bonds is 6. The van der Waals surface area contributed by atoms with E-state index in [-0.39, 0.29) is 0 Å². The van der Waals surface area contributed by atoms with Crippen LogP contribution in [0.1, 0.15) is 25.0 Å². The highest BCUT2D eigenvalue weighted by Gasteiger charge is 2.30. The van der Waals surface area contributed by atoms with Crippen molar-refractivity contribution in [1.29, 1.82) is 0 Å². The molecule has 0 aliphatic heterocycles. The topological polar surface area (TPSA) is 70.5 Å². The number of benzene rings is 4. The molecule has 0 amide bonds. The molecule has 0 atom stereocenters. The molecule has 4 aromatic rings. The lowest BCUT2D eigenvalue weighted by atomic mass is 9.77. The van der Waals surface area contributed by atoms with Gasteiger partial charge in [0.25, 0.3) is 0 Å². The average Bonchev–Trinajstić information content (AvgIpc) is 2.77. The first kappa shape index (κ1) is 20.4. The number of anilines is 2. The van der Waals surface area contributed by atoms with Crippen LogP contribution in [0.25, 0.3) is 0 Å². The third-order valence-electron chi connectivity index (χ3n) is 5.40. The number of ether oxygens (including phenoxy) is 2. The van der Waals surface area contributed by atoms with Gasteiger partial charge in [-0.1, -0.05) is 74.5 Å². The molecule has 31 heavy (non-hydrogen) atoms. The van der Waals surface area contributed by atoms with E-state index in [9.17, 15) is 0 Å². The summed E-state index contributed by atoms with van der Waals surface area (Å²) in [5, 5.41) is 0. The van der Waals surface area contributed by atoms with Gasteiger partial charge in [-0.3, -0.25) is 0 Å². The lowest BCUT2D eigenvalue weighted by Crippen LogP contribution is -2.20. The van der Waals surface area contributed by atoms with Crippen molar-refractivity contribution < 1.29 is 9.47 Å². The summed E-state index contributed by atoms with van der Waals surface area (Å²) in [6, 6.07) is 31.0. The third-order valence-corrected chi connectivity index (χ3v) is 5.40. The zero-order chi connectivity index (χ0) is 21.8. The fourth-order valence-electron chi connectivity index (χ4n) is 3.67. The predicted molar refractivity (Wildman–Crippen MR) is 127 cm³/mol. The monoisotopic (exact) mass is 410 g/mol. The van der Waals surface area contributed by atoms with Crippen LogP contribution in [0.5, 0.6) is 23.0 Å². The largest absolute Gasteiger partial charge is 0.455 e. The quantitative estimate of drug-likeness (QED) is 0.344. The zero-order valence-corrected chi connectivity index (χ0v) is 17.7. The average molecular weight is 411 g/mol. The summed E-state index contributed by atoms with van der Waals surface area (Å²) >= 11 is 0. The van der Waals surface area contributed by atoms with Crippen LogP contribution < -0.4 is 20.9 Å². The molecule has 0 fully saturated rings. The van der Waals surface area contributed by atoms with Crippen LogP contribution in [0.4, 0.5) is 11.4 Å². The molecule has 0 bridgehead atoms. The minimum absolute atomic E-state index is 0.416. The van der Waals surface area contributed by atoms with Crippen LogP contribution in [0, 0.1) is 0 Å². The highest BCUT2D eigenvalue weighted by Crippen LogP contribution is 2.44. The Morgan fingerprint density at radius 1 is 0.484 bits per heavy atom. The Kier molecular flexibility index (Phi) is 5.54. The van der Waals surface area contributed by atoms with Crippen LogP contribution in [0.15, 0.2) is 97.1 Å². The highest BCUT2D eigenvalue weighted by molar-refractivity contribution is 5.58. The maximum absolute atomic E-state index is 6.24. The van der Waals surface area contributed by atoms with Crippen molar-refractivity contribution in [1.82, 2.24) is 0 Å². The van der Waals surface area contributed by atoms with Crippen molar-refractivity contribution >= 4 is 11.4 Å². The molecule has 4 nitrogen and oxygen atoms in total. The molecule has 0 heterocycles. The molecule has 0 aliphatic carbocycles. The minimum atomic E-state index is -0.416. The maximum Gasteiger partial charge on any atom is 0.150 e. The summed E-state index contributed by atoms with van der Waals surface area (Å²) in [4.78, 5) is 0. The van der Waals surface area contributed by atoms with E-state index >= 15 is 0 Å². The van der Waals surface area contributed by atoms with Crippen LogP contribution >= 0.6 is 0 Å². The van der Waals surface area contributed by atoms with E-state index in [0.717, 1.165) is 22.6 Å². The number of nitrogens with two attached hydrogens (primary N) is 2. The van der Waals surface area contributed by atoms with Crippen molar-refractivity contribution in [3.63, 3.8) is 0 Å². The fraction of sp³-hybridized carbons (Fsp3) is 0.111. The Balaban J connectivity index is 1.75. The number of para-hydroxylation sites is 6. The summed E-state index contributed by atoms with van der Waals surface area (Å²) in [7, 11) is 0. The molecular weight excluding hydrogens is 384 g/mol. The first-order valence-electron chi connectivity index (χ1n) is 10.2. The first-order valence-corrected chi connectivity index (χ1v) is 10.2. The molecule has 156 valence electrons. The molecule has 0 spiro atoms. The molecule has 0 aromatic heterocycles. The minimum Gasteiger partial charge on any atom is -0.455 e. The van der Waals surface area contributed by atoms with Gasteiger partial charge in [0, 0.05) is 16.5 Å². The van der Waals surface area contributed by atoms with Gasteiger partial charge < -0.3 is 20.9 Å². The normalized spacial score (nSPS) is 11.2. The Bertz CT molecular complexity index is 1110. The van der Waals surface area contributed by atoms with Gasteiger partial charge in [-0.2, -0.15) is 0 Å². The van der Waals surface area contributed by atoms with Gasteiger partial charge in [-0.25, -0.2) is 0 Å². The van der Waals surface area contributed by atoms with E-state index in [1.54, 1.807) is 0 Å². The summed E-state index contributed by atoms with van der Waals surface area (Å²) in [5.74, 6) is 2.76. The van der Waals surface area contributed by atoms with E-state index < -0.39 is 5.41 Å². The molecule has 4 heteroatoms. The fourth-order valence-corrected chi connectivity index (χ4v) is 3.67. The van der Waals surface area contributed by atoms with E-state index in [1.807, 2.05) is 84.9 Å². The molecule has 4 N–H and O–H groups in total. The second-order valence-electron chi connectivity index (χ2n) is 7.90. The van der Waals surface area contributed by atoms with E-state index in [2.05, 4.69) is 26.0 Å². The molecule has 4 rings (SSSR count). The van der Waals surface area contributed by atoms with Crippen molar-refractivity contribution in [2.24, 2.45) is 0 Å². The van der Waals surface area contributed by atoms with E-state index in [4.69, 9.17) is 20.9 Å².